The van der Waals surface area contributed by atoms with E-state index in [0.717, 1.165) is 25.9 Å². The fraction of sp³-hybridized carbons (Fsp3) is 0.562. The number of carbonyl (C=O) groups is 1. The predicted octanol–water partition coefficient (Wildman–Crippen LogP) is 3.76. The third-order valence-corrected chi connectivity index (χ3v) is 4.38. The highest BCUT2D eigenvalue weighted by Gasteiger charge is 2.16. The van der Waals surface area contributed by atoms with Crippen molar-refractivity contribution in [3.05, 3.63) is 32.8 Å². The molecule has 1 N–H and O–H groups in total. The number of nitrogens with zero attached hydrogens (tertiary/aromatic N) is 2. The third kappa shape index (κ3) is 4.82. The molecule has 0 unspecified atom stereocenters. The van der Waals surface area contributed by atoms with Gasteiger partial charge in [-0.15, -0.1) is 0 Å². The number of benzene rings is 1. The van der Waals surface area contributed by atoms with Crippen molar-refractivity contribution in [1.29, 1.82) is 0 Å². The summed E-state index contributed by atoms with van der Waals surface area (Å²) in [4.78, 5) is 24.5. The molecule has 0 spiro atoms. The smallest absolute Gasteiger partial charge is 0.271 e. The molecule has 6 nitrogen and oxygen atoms in total. The van der Waals surface area contributed by atoms with Crippen LogP contribution in [0.4, 0.5) is 11.4 Å². The minimum absolute atomic E-state index is 0.0290. The summed E-state index contributed by atoms with van der Waals surface area (Å²) in [7, 11) is 0. The Morgan fingerprint density at radius 1 is 1.30 bits per heavy atom. The van der Waals surface area contributed by atoms with E-state index in [-0.39, 0.29) is 11.6 Å². The molecular weight excluding hydrogens is 318 g/mol. The molecular formula is C16H22ClN3O3. The van der Waals surface area contributed by atoms with Crippen molar-refractivity contribution < 1.29 is 9.72 Å². The first-order valence-electron chi connectivity index (χ1n) is 7.95. The maximum atomic E-state index is 12.2. The average Bonchev–Trinajstić information content (AvgIpc) is 2.78. The van der Waals surface area contributed by atoms with Crippen LogP contribution in [0.1, 0.15) is 37.7 Å². The summed E-state index contributed by atoms with van der Waals surface area (Å²) in [5, 5.41) is 14.2. The molecule has 126 valence electrons. The van der Waals surface area contributed by atoms with Crippen LogP contribution in [0.2, 0.25) is 5.02 Å². The number of amides is 1. The molecule has 1 aromatic carbocycles. The number of nitrogens with one attached hydrogen (secondary N) is 1. The van der Waals surface area contributed by atoms with Gasteiger partial charge in [-0.25, -0.2) is 0 Å². The zero-order valence-electron chi connectivity index (χ0n) is 13.3. The number of nitro groups is 1. The average molecular weight is 340 g/mol. The Labute approximate surface area is 141 Å². The number of likely N-dealkylation sites (tertiary alicyclic amines) is 1. The second-order valence-corrected chi connectivity index (χ2v) is 6.26. The number of aryl methyl sites for hydroxylation is 1. The van der Waals surface area contributed by atoms with Crippen LogP contribution in [0.15, 0.2) is 12.1 Å². The molecule has 1 aromatic rings. The summed E-state index contributed by atoms with van der Waals surface area (Å²) in [5.74, 6) is 0.148. The number of rotatable bonds is 5. The van der Waals surface area contributed by atoms with Crippen LogP contribution in [-0.4, -0.2) is 35.4 Å². The number of hydrogen-bond donors (Lipinski definition) is 1. The molecule has 1 aliphatic heterocycles. The SMILES string of the molecule is Cc1cc([N+](=O)[O-])cc(Cl)c1NCCC(=O)N1CCCCCC1. The Kier molecular flexibility index (Phi) is 6.21. The van der Waals surface area contributed by atoms with Gasteiger partial charge in [0.2, 0.25) is 5.91 Å². The lowest BCUT2D eigenvalue weighted by Crippen LogP contribution is -2.32. The van der Waals surface area contributed by atoms with Crippen molar-refractivity contribution in [3.63, 3.8) is 0 Å². The van der Waals surface area contributed by atoms with Crippen LogP contribution in [0.5, 0.6) is 0 Å². The molecule has 1 heterocycles. The van der Waals surface area contributed by atoms with Gasteiger partial charge >= 0.3 is 0 Å². The number of carbonyl (C=O) groups excluding carboxylic acids is 1. The van der Waals surface area contributed by atoms with Crippen LogP contribution in [0.3, 0.4) is 0 Å². The van der Waals surface area contributed by atoms with E-state index in [0.29, 0.717) is 29.2 Å². The highest BCUT2D eigenvalue weighted by Crippen LogP contribution is 2.30. The molecule has 0 aliphatic carbocycles. The van der Waals surface area contributed by atoms with Gasteiger partial charge in [0.15, 0.2) is 0 Å². The van der Waals surface area contributed by atoms with Crippen LogP contribution in [0.25, 0.3) is 0 Å². The highest BCUT2D eigenvalue weighted by molar-refractivity contribution is 6.33. The molecule has 1 fully saturated rings. The first-order valence-corrected chi connectivity index (χ1v) is 8.33. The monoisotopic (exact) mass is 339 g/mol. The largest absolute Gasteiger partial charge is 0.383 e. The minimum atomic E-state index is -0.467. The number of nitro benzene ring substituents is 1. The Bertz CT molecular complexity index is 561. The zero-order valence-corrected chi connectivity index (χ0v) is 14.1. The third-order valence-electron chi connectivity index (χ3n) is 4.08. The minimum Gasteiger partial charge on any atom is -0.383 e. The summed E-state index contributed by atoms with van der Waals surface area (Å²) in [6, 6.07) is 2.80. The van der Waals surface area contributed by atoms with Gasteiger partial charge in [0.05, 0.1) is 15.6 Å². The van der Waals surface area contributed by atoms with Gasteiger partial charge in [-0.1, -0.05) is 24.4 Å². The topological polar surface area (TPSA) is 75.5 Å². The number of hydrogen-bond acceptors (Lipinski definition) is 4. The van der Waals surface area contributed by atoms with E-state index in [9.17, 15) is 14.9 Å². The summed E-state index contributed by atoms with van der Waals surface area (Å²) < 4.78 is 0. The second-order valence-electron chi connectivity index (χ2n) is 5.85. The van der Waals surface area contributed by atoms with E-state index >= 15 is 0 Å². The fourth-order valence-corrected chi connectivity index (χ4v) is 3.16. The Morgan fingerprint density at radius 2 is 1.96 bits per heavy atom. The molecule has 0 bridgehead atoms. The van der Waals surface area contributed by atoms with Gasteiger partial charge < -0.3 is 10.2 Å². The zero-order chi connectivity index (χ0) is 16.8. The number of non-ortho nitro benzene ring substituents is 1. The molecule has 0 saturated carbocycles. The van der Waals surface area contributed by atoms with Gasteiger partial charge in [0, 0.05) is 38.2 Å². The van der Waals surface area contributed by atoms with Crippen molar-refractivity contribution in [2.45, 2.75) is 39.0 Å². The van der Waals surface area contributed by atoms with Crippen LogP contribution in [-0.2, 0) is 4.79 Å². The molecule has 1 aliphatic rings. The van der Waals surface area contributed by atoms with Crippen molar-refractivity contribution in [1.82, 2.24) is 4.90 Å². The number of anilines is 1. The first kappa shape index (κ1) is 17.5. The summed E-state index contributed by atoms with van der Waals surface area (Å²) in [6.45, 7) is 3.91. The Morgan fingerprint density at radius 3 is 2.52 bits per heavy atom. The fourth-order valence-electron chi connectivity index (χ4n) is 2.83. The maximum Gasteiger partial charge on any atom is 0.271 e. The van der Waals surface area contributed by atoms with Crippen molar-refractivity contribution >= 4 is 28.9 Å². The maximum absolute atomic E-state index is 12.2. The lowest BCUT2D eigenvalue weighted by atomic mass is 10.1. The van der Waals surface area contributed by atoms with Crippen molar-refractivity contribution in [2.24, 2.45) is 0 Å². The first-order chi connectivity index (χ1) is 11.0. The van der Waals surface area contributed by atoms with E-state index in [1.807, 2.05) is 4.90 Å². The second kappa shape index (κ2) is 8.15. The summed E-state index contributed by atoms with van der Waals surface area (Å²) in [6.07, 6.45) is 4.94. The molecule has 23 heavy (non-hydrogen) atoms. The quantitative estimate of drug-likeness (QED) is 0.654. The summed E-state index contributed by atoms with van der Waals surface area (Å²) in [5.41, 5.74) is 1.33. The standard InChI is InChI=1S/C16H22ClN3O3/c1-12-10-13(20(22)23)11-14(17)16(12)18-7-6-15(21)19-8-4-2-3-5-9-19/h10-11,18H,2-9H2,1H3. The molecule has 0 atom stereocenters. The van der Waals surface area contributed by atoms with Crippen molar-refractivity contribution in [3.8, 4) is 0 Å². The summed E-state index contributed by atoms with van der Waals surface area (Å²) >= 11 is 6.10. The predicted molar refractivity (Wildman–Crippen MR) is 91.0 cm³/mol. The lowest BCUT2D eigenvalue weighted by molar-refractivity contribution is -0.384. The Balaban J connectivity index is 1.90. The van der Waals surface area contributed by atoms with Gasteiger partial charge in [0.25, 0.3) is 5.69 Å². The normalized spacial score (nSPS) is 15.1. The van der Waals surface area contributed by atoms with E-state index in [4.69, 9.17) is 11.6 Å². The molecule has 0 aromatic heterocycles. The Hall–Kier alpha value is -1.82. The molecule has 0 radical (unpaired) electrons. The highest BCUT2D eigenvalue weighted by atomic mass is 35.5. The van der Waals surface area contributed by atoms with Crippen LogP contribution >= 0.6 is 11.6 Å². The number of halogens is 1. The van der Waals surface area contributed by atoms with Crippen LogP contribution in [0, 0.1) is 17.0 Å². The molecule has 7 heteroatoms. The van der Waals surface area contributed by atoms with Gasteiger partial charge in [-0.3, -0.25) is 14.9 Å². The van der Waals surface area contributed by atoms with E-state index in [1.54, 1.807) is 6.92 Å². The lowest BCUT2D eigenvalue weighted by Gasteiger charge is -2.20. The van der Waals surface area contributed by atoms with Crippen LogP contribution < -0.4 is 5.32 Å². The molecule has 1 saturated heterocycles. The molecule has 1 amide bonds. The van der Waals surface area contributed by atoms with E-state index in [1.165, 1.54) is 25.0 Å². The van der Waals surface area contributed by atoms with Gasteiger partial charge in [0.1, 0.15) is 0 Å². The van der Waals surface area contributed by atoms with Gasteiger partial charge in [-0.05, 0) is 25.3 Å². The van der Waals surface area contributed by atoms with E-state index in [2.05, 4.69) is 5.32 Å². The van der Waals surface area contributed by atoms with E-state index < -0.39 is 4.92 Å². The van der Waals surface area contributed by atoms with Gasteiger partial charge in [-0.2, -0.15) is 0 Å². The molecule has 2 rings (SSSR count). The van der Waals surface area contributed by atoms with Crippen molar-refractivity contribution in [2.75, 3.05) is 25.0 Å².